The van der Waals surface area contributed by atoms with Gasteiger partial charge < -0.3 is 15.6 Å². The van der Waals surface area contributed by atoms with Gasteiger partial charge in [-0.25, -0.2) is 4.98 Å². The Balaban J connectivity index is 1.94. The lowest BCUT2D eigenvalue weighted by Crippen LogP contribution is -2.05. The van der Waals surface area contributed by atoms with Crippen molar-refractivity contribution in [1.29, 1.82) is 0 Å². The smallest absolute Gasteiger partial charge is 0.223 e. The second-order valence-electron chi connectivity index (χ2n) is 4.66. The molecule has 0 aliphatic carbocycles. The molecule has 0 fully saturated rings. The third-order valence-electron chi connectivity index (χ3n) is 3.15. The number of anilines is 2. The summed E-state index contributed by atoms with van der Waals surface area (Å²) in [5.74, 6) is 1.84. The minimum Gasteiger partial charge on any atom is -0.368 e. The molecule has 0 saturated carbocycles. The van der Waals surface area contributed by atoms with E-state index in [0.29, 0.717) is 6.54 Å². The van der Waals surface area contributed by atoms with Crippen LogP contribution in [0.3, 0.4) is 0 Å². The van der Waals surface area contributed by atoms with Gasteiger partial charge in [-0.2, -0.15) is 4.98 Å². The van der Waals surface area contributed by atoms with Gasteiger partial charge in [-0.05, 0) is 26.8 Å². The second kappa shape index (κ2) is 4.75. The van der Waals surface area contributed by atoms with E-state index in [2.05, 4.69) is 26.5 Å². The van der Waals surface area contributed by atoms with Crippen molar-refractivity contribution in [3.63, 3.8) is 0 Å². The molecule has 0 radical (unpaired) electrons. The maximum atomic E-state index is 5.76. The van der Waals surface area contributed by atoms with Gasteiger partial charge in [0, 0.05) is 17.0 Å². The van der Waals surface area contributed by atoms with Gasteiger partial charge >= 0.3 is 0 Å². The Labute approximate surface area is 120 Å². The number of nitrogens with zero attached hydrogens (tertiary/aromatic N) is 3. The summed E-state index contributed by atoms with van der Waals surface area (Å²) in [6.45, 7) is 6.46. The number of nitrogens with one attached hydrogen (secondary N) is 1. The molecule has 0 amide bonds. The van der Waals surface area contributed by atoms with Gasteiger partial charge in [-0.3, -0.25) is 0 Å². The fourth-order valence-corrected chi connectivity index (χ4v) is 3.01. The number of rotatable bonds is 3. The Hall–Kier alpha value is -2.15. The largest absolute Gasteiger partial charge is 0.368 e. The Morgan fingerprint density at radius 1 is 1.30 bits per heavy atom. The molecule has 0 spiro atoms. The van der Waals surface area contributed by atoms with Crippen molar-refractivity contribution in [2.45, 2.75) is 27.3 Å². The van der Waals surface area contributed by atoms with Gasteiger partial charge in [-0.1, -0.05) is 5.16 Å². The molecule has 3 heterocycles. The molecule has 104 valence electrons. The van der Waals surface area contributed by atoms with Crippen LogP contribution in [-0.4, -0.2) is 15.1 Å². The van der Waals surface area contributed by atoms with Crippen molar-refractivity contribution in [2.75, 3.05) is 11.1 Å². The van der Waals surface area contributed by atoms with Gasteiger partial charge in [-0.15, -0.1) is 11.3 Å². The standard InChI is InChI=1S/C13H15N5OS/c1-6-4-9-11(16-13(14)17-12(9)20-6)15-5-10-7(2)18-19-8(10)3/h4H,5H2,1-3H3,(H3,14,15,16,17). The number of thiophene rings is 1. The van der Waals surface area contributed by atoms with Gasteiger partial charge in [0.15, 0.2) is 0 Å². The molecular weight excluding hydrogens is 274 g/mol. The van der Waals surface area contributed by atoms with E-state index >= 15 is 0 Å². The predicted molar refractivity (Wildman–Crippen MR) is 79.9 cm³/mol. The molecule has 3 rings (SSSR count). The first-order chi connectivity index (χ1) is 9.54. The summed E-state index contributed by atoms with van der Waals surface area (Å²) < 4.78 is 5.15. The van der Waals surface area contributed by atoms with Crippen molar-refractivity contribution < 1.29 is 4.52 Å². The quantitative estimate of drug-likeness (QED) is 0.770. The topological polar surface area (TPSA) is 89.9 Å². The summed E-state index contributed by atoms with van der Waals surface area (Å²) in [5.41, 5.74) is 7.68. The van der Waals surface area contributed by atoms with Crippen LogP contribution < -0.4 is 11.1 Å². The number of nitrogen functional groups attached to an aromatic ring is 1. The Morgan fingerprint density at radius 3 is 2.80 bits per heavy atom. The minimum absolute atomic E-state index is 0.278. The van der Waals surface area contributed by atoms with E-state index in [1.807, 2.05) is 20.8 Å². The van der Waals surface area contributed by atoms with Crippen molar-refractivity contribution in [1.82, 2.24) is 15.1 Å². The highest BCUT2D eigenvalue weighted by molar-refractivity contribution is 7.18. The summed E-state index contributed by atoms with van der Waals surface area (Å²) in [7, 11) is 0. The highest BCUT2D eigenvalue weighted by Crippen LogP contribution is 2.29. The normalized spacial score (nSPS) is 11.2. The first-order valence-corrected chi connectivity index (χ1v) is 7.05. The summed E-state index contributed by atoms with van der Waals surface area (Å²) >= 11 is 1.61. The van der Waals surface area contributed by atoms with Crippen LogP contribution in [0.2, 0.25) is 0 Å². The number of hydrogen-bond acceptors (Lipinski definition) is 7. The van der Waals surface area contributed by atoms with Gasteiger partial charge in [0.2, 0.25) is 5.95 Å². The number of aromatic nitrogens is 3. The van der Waals surface area contributed by atoms with Gasteiger partial charge in [0.05, 0.1) is 11.1 Å². The molecule has 0 aliphatic rings. The van der Waals surface area contributed by atoms with Crippen molar-refractivity contribution in [3.05, 3.63) is 28.0 Å². The second-order valence-corrected chi connectivity index (χ2v) is 5.90. The number of nitrogens with two attached hydrogens (primary N) is 1. The molecule has 0 bridgehead atoms. The molecule has 3 N–H and O–H groups in total. The van der Waals surface area contributed by atoms with Crippen LogP contribution in [0.1, 0.15) is 21.9 Å². The van der Waals surface area contributed by atoms with E-state index in [0.717, 1.165) is 33.1 Å². The Morgan fingerprint density at radius 2 is 2.10 bits per heavy atom. The van der Waals surface area contributed by atoms with Crippen LogP contribution >= 0.6 is 11.3 Å². The van der Waals surface area contributed by atoms with Crippen molar-refractivity contribution >= 4 is 33.3 Å². The van der Waals surface area contributed by atoms with Crippen LogP contribution in [0.5, 0.6) is 0 Å². The Kier molecular flexibility index (Phi) is 3.06. The zero-order valence-corrected chi connectivity index (χ0v) is 12.3. The molecule has 20 heavy (non-hydrogen) atoms. The fraction of sp³-hybridized carbons (Fsp3) is 0.308. The maximum absolute atomic E-state index is 5.76. The molecule has 3 aromatic rings. The summed E-state index contributed by atoms with van der Waals surface area (Å²) in [6, 6.07) is 2.06. The minimum atomic E-state index is 0.278. The summed E-state index contributed by atoms with van der Waals surface area (Å²) in [4.78, 5) is 10.6. The predicted octanol–water partition coefficient (Wildman–Crippen LogP) is 2.80. The zero-order valence-electron chi connectivity index (χ0n) is 11.5. The lowest BCUT2D eigenvalue weighted by atomic mass is 10.2. The van der Waals surface area contributed by atoms with Crippen molar-refractivity contribution in [2.24, 2.45) is 0 Å². The number of hydrogen-bond donors (Lipinski definition) is 2. The van der Waals surface area contributed by atoms with E-state index in [-0.39, 0.29) is 5.95 Å². The lowest BCUT2D eigenvalue weighted by Gasteiger charge is -2.07. The van der Waals surface area contributed by atoms with Crippen LogP contribution in [0, 0.1) is 20.8 Å². The highest BCUT2D eigenvalue weighted by atomic mass is 32.1. The zero-order chi connectivity index (χ0) is 14.3. The molecule has 3 aromatic heterocycles. The average Bonchev–Trinajstić information content (AvgIpc) is 2.90. The molecule has 0 unspecified atom stereocenters. The van der Waals surface area contributed by atoms with Crippen LogP contribution in [0.4, 0.5) is 11.8 Å². The van der Waals surface area contributed by atoms with E-state index in [1.54, 1.807) is 11.3 Å². The molecule has 0 aromatic carbocycles. The SMILES string of the molecule is Cc1cc2c(NCc3c(C)noc3C)nc(N)nc2s1. The van der Waals surface area contributed by atoms with E-state index < -0.39 is 0 Å². The number of aryl methyl sites for hydroxylation is 3. The fourth-order valence-electron chi connectivity index (χ4n) is 2.12. The third-order valence-corrected chi connectivity index (χ3v) is 4.09. The first kappa shape index (κ1) is 12.9. The molecular formula is C13H15N5OS. The van der Waals surface area contributed by atoms with E-state index in [9.17, 15) is 0 Å². The highest BCUT2D eigenvalue weighted by Gasteiger charge is 2.12. The van der Waals surface area contributed by atoms with Gasteiger partial charge in [0.1, 0.15) is 16.4 Å². The van der Waals surface area contributed by atoms with Crippen LogP contribution in [0.25, 0.3) is 10.2 Å². The summed E-state index contributed by atoms with van der Waals surface area (Å²) in [6.07, 6.45) is 0. The average molecular weight is 289 g/mol. The molecule has 6 nitrogen and oxygen atoms in total. The van der Waals surface area contributed by atoms with Gasteiger partial charge in [0.25, 0.3) is 0 Å². The van der Waals surface area contributed by atoms with Crippen LogP contribution in [-0.2, 0) is 6.54 Å². The monoisotopic (exact) mass is 289 g/mol. The van der Waals surface area contributed by atoms with Crippen molar-refractivity contribution in [3.8, 4) is 0 Å². The molecule has 0 saturated heterocycles. The molecule has 7 heteroatoms. The third kappa shape index (κ3) is 2.20. The summed E-state index contributed by atoms with van der Waals surface area (Å²) in [5, 5.41) is 8.24. The maximum Gasteiger partial charge on any atom is 0.223 e. The Bertz CT molecular complexity index is 757. The van der Waals surface area contributed by atoms with E-state index in [4.69, 9.17) is 10.3 Å². The van der Waals surface area contributed by atoms with E-state index in [1.165, 1.54) is 4.88 Å². The number of fused-ring (bicyclic) bond motifs is 1. The molecule has 0 atom stereocenters. The first-order valence-electron chi connectivity index (χ1n) is 6.24. The molecule has 0 aliphatic heterocycles. The lowest BCUT2D eigenvalue weighted by molar-refractivity contribution is 0.392. The van der Waals surface area contributed by atoms with Crippen LogP contribution in [0.15, 0.2) is 10.6 Å².